The fourth-order valence-corrected chi connectivity index (χ4v) is 4.66. The first kappa shape index (κ1) is 27.4. The molecule has 0 bridgehead atoms. The van der Waals surface area contributed by atoms with Crippen LogP contribution in [0.2, 0.25) is 0 Å². The zero-order valence-corrected chi connectivity index (χ0v) is 22.4. The van der Waals surface area contributed by atoms with Gasteiger partial charge in [0, 0.05) is 44.7 Å². The van der Waals surface area contributed by atoms with Crippen LogP contribution in [0.25, 0.3) is 0 Å². The molecule has 184 valence electrons. The molecule has 7 nitrogen and oxygen atoms in total. The second-order valence-electron chi connectivity index (χ2n) is 9.00. The largest absolute Gasteiger partial charge is 0.359 e. The van der Waals surface area contributed by atoms with E-state index in [4.69, 9.17) is 4.99 Å². The molecule has 0 aromatic heterocycles. The average Bonchev–Trinajstić information content (AvgIpc) is 2.83. The third kappa shape index (κ3) is 8.79. The lowest BCUT2D eigenvalue weighted by molar-refractivity contribution is -0.122. The number of aliphatic imine (C=N–C) groups is 1. The Kier molecular flexibility index (Phi) is 12.0. The third-order valence-electron chi connectivity index (χ3n) is 6.58. The van der Waals surface area contributed by atoms with Gasteiger partial charge in [0.1, 0.15) is 0 Å². The van der Waals surface area contributed by atoms with Crippen molar-refractivity contribution in [2.75, 3.05) is 32.0 Å². The minimum absolute atomic E-state index is 0. The Balaban J connectivity index is 0.00000385. The number of nitrogens with one attached hydrogen (secondary N) is 3. The summed E-state index contributed by atoms with van der Waals surface area (Å²) in [7, 11) is 1.70. The first-order valence-corrected chi connectivity index (χ1v) is 12.2. The number of piperidine rings is 1. The molecule has 1 aliphatic carbocycles. The molecule has 2 fully saturated rings. The van der Waals surface area contributed by atoms with E-state index in [2.05, 4.69) is 33.8 Å². The fourth-order valence-electron chi connectivity index (χ4n) is 4.66. The van der Waals surface area contributed by atoms with Gasteiger partial charge in [-0.1, -0.05) is 31.4 Å². The predicted octanol–water partition coefficient (Wildman–Crippen LogP) is 4.14. The topological polar surface area (TPSA) is 85.8 Å². The number of hydrogen-bond donors (Lipinski definition) is 3. The number of nitrogens with zero attached hydrogens (tertiary/aromatic N) is 2. The molecule has 1 saturated heterocycles. The van der Waals surface area contributed by atoms with Crippen molar-refractivity contribution in [2.24, 2.45) is 16.8 Å². The van der Waals surface area contributed by atoms with Crippen molar-refractivity contribution in [3.63, 3.8) is 0 Å². The molecule has 0 spiro atoms. The lowest BCUT2D eigenvalue weighted by Gasteiger charge is -2.34. The van der Waals surface area contributed by atoms with Crippen LogP contribution in [-0.4, -0.2) is 49.4 Å². The Labute approximate surface area is 215 Å². The molecule has 0 radical (unpaired) electrons. The molecule has 3 N–H and O–H groups in total. The molecule has 2 aliphatic rings. The molecule has 1 aromatic carbocycles. The van der Waals surface area contributed by atoms with Crippen LogP contribution < -0.4 is 16.0 Å². The molecule has 8 heteroatoms. The summed E-state index contributed by atoms with van der Waals surface area (Å²) in [6, 6.07) is 8.03. The van der Waals surface area contributed by atoms with E-state index < -0.39 is 0 Å². The van der Waals surface area contributed by atoms with Gasteiger partial charge in [0.05, 0.1) is 6.54 Å². The van der Waals surface area contributed by atoms with E-state index in [9.17, 15) is 9.59 Å². The Morgan fingerprint density at radius 3 is 2.48 bits per heavy atom. The summed E-state index contributed by atoms with van der Waals surface area (Å²) in [4.78, 5) is 31.4. The molecule has 1 heterocycles. The van der Waals surface area contributed by atoms with Crippen molar-refractivity contribution < 1.29 is 9.59 Å². The highest BCUT2D eigenvalue weighted by Crippen LogP contribution is 2.25. The maximum atomic E-state index is 12.6. The second-order valence-corrected chi connectivity index (χ2v) is 9.00. The summed E-state index contributed by atoms with van der Waals surface area (Å²) in [5.41, 5.74) is 1.93. The smallest absolute Gasteiger partial charge is 0.227 e. The normalized spacial score (nSPS) is 17.8. The first-order valence-electron chi connectivity index (χ1n) is 12.2. The Morgan fingerprint density at radius 1 is 1.09 bits per heavy atom. The van der Waals surface area contributed by atoms with Crippen molar-refractivity contribution >= 4 is 47.4 Å². The second kappa shape index (κ2) is 14.4. The van der Waals surface area contributed by atoms with Crippen LogP contribution in [0.5, 0.6) is 0 Å². The lowest BCUT2D eigenvalue weighted by atomic mass is 9.88. The SMILES string of the molecule is CCNC(=NCc1cccc(NC(=O)C2CCCCC2)c1)N1CCC(CC(=O)NC)CC1.I. The van der Waals surface area contributed by atoms with E-state index in [1.165, 1.54) is 6.42 Å². The average molecular weight is 570 g/mol. The molecule has 3 rings (SSSR count). The minimum atomic E-state index is 0. The molecule has 0 atom stereocenters. The van der Waals surface area contributed by atoms with Gasteiger partial charge in [0.15, 0.2) is 5.96 Å². The number of halogens is 1. The van der Waals surface area contributed by atoms with Crippen LogP contribution in [0.3, 0.4) is 0 Å². The van der Waals surface area contributed by atoms with E-state index in [0.717, 1.165) is 75.4 Å². The Bertz CT molecular complexity index is 787. The number of likely N-dealkylation sites (tertiary alicyclic amines) is 1. The van der Waals surface area contributed by atoms with Crippen LogP contribution in [0, 0.1) is 11.8 Å². The van der Waals surface area contributed by atoms with Gasteiger partial charge in [0.25, 0.3) is 0 Å². The molecule has 1 aromatic rings. The summed E-state index contributed by atoms with van der Waals surface area (Å²) in [5.74, 6) is 1.79. The summed E-state index contributed by atoms with van der Waals surface area (Å²) in [5, 5.41) is 9.24. The number of benzene rings is 1. The van der Waals surface area contributed by atoms with Crippen molar-refractivity contribution in [3.8, 4) is 0 Å². The zero-order valence-electron chi connectivity index (χ0n) is 20.1. The molecule has 1 aliphatic heterocycles. The Hall–Kier alpha value is -1.84. The maximum absolute atomic E-state index is 12.6. The summed E-state index contributed by atoms with van der Waals surface area (Å²) < 4.78 is 0. The molecule has 2 amide bonds. The van der Waals surface area contributed by atoms with E-state index in [0.29, 0.717) is 18.9 Å². The summed E-state index contributed by atoms with van der Waals surface area (Å²) >= 11 is 0. The number of rotatable bonds is 7. The quantitative estimate of drug-likeness (QED) is 0.262. The molecular weight excluding hydrogens is 529 g/mol. The molecule has 1 saturated carbocycles. The van der Waals surface area contributed by atoms with Crippen LogP contribution in [-0.2, 0) is 16.1 Å². The van der Waals surface area contributed by atoms with E-state index >= 15 is 0 Å². The van der Waals surface area contributed by atoms with Crippen molar-refractivity contribution in [2.45, 2.75) is 64.8 Å². The van der Waals surface area contributed by atoms with Gasteiger partial charge in [-0.05, 0) is 56.2 Å². The van der Waals surface area contributed by atoms with Gasteiger partial charge in [-0.15, -0.1) is 24.0 Å². The number of amides is 2. The fraction of sp³-hybridized carbons (Fsp3) is 0.640. The number of hydrogen-bond acceptors (Lipinski definition) is 3. The lowest BCUT2D eigenvalue weighted by Crippen LogP contribution is -2.46. The van der Waals surface area contributed by atoms with Gasteiger partial charge in [-0.2, -0.15) is 0 Å². The molecular formula is C25H40IN5O2. The van der Waals surface area contributed by atoms with E-state index in [1.54, 1.807) is 7.05 Å². The van der Waals surface area contributed by atoms with E-state index in [-0.39, 0.29) is 41.7 Å². The molecule has 33 heavy (non-hydrogen) atoms. The Morgan fingerprint density at radius 2 is 1.82 bits per heavy atom. The van der Waals surface area contributed by atoms with E-state index in [1.807, 2.05) is 18.2 Å². The van der Waals surface area contributed by atoms with Crippen molar-refractivity contribution in [1.29, 1.82) is 0 Å². The monoisotopic (exact) mass is 569 g/mol. The highest BCUT2D eigenvalue weighted by Gasteiger charge is 2.23. The maximum Gasteiger partial charge on any atom is 0.227 e. The predicted molar refractivity (Wildman–Crippen MR) is 145 cm³/mol. The van der Waals surface area contributed by atoms with Gasteiger partial charge in [-0.25, -0.2) is 4.99 Å². The highest BCUT2D eigenvalue weighted by atomic mass is 127. The first-order chi connectivity index (χ1) is 15.6. The number of anilines is 1. The zero-order chi connectivity index (χ0) is 22.8. The number of guanidine groups is 1. The van der Waals surface area contributed by atoms with Crippen LogP contribution in [0.4, 0.5) is 5.69 Å². The standard InChI is InChI=1S/C25H39N5O2.HI/c1-3-27-25(30-14-12-19(13-15-30)17-23(31)26-2)28-18-20-8-7-11-22(16-20)29-24(32)21-9-5-4-6-10-21;/h7-8,11,16,19,21H,3-6,9-10,12-15,17-18H2,1-2H3,(H,26,31)(H,27,28)(H,29,32);1H. The van der Waals surface area contributed by atoms with Gasteiger partial charge >= 0.3 is 0 Å². The number of carbonyl (C=O) groups is 2. The summed E-state index contributed by atoms with van der Waals surface area (Å²) in [6.45, 7) is 5.27. The third-order valence-corrected chi connectivity index (χ3v) is 6.58. The number of carbonyl (C=O) groups excluding carboxylic acids is 2. The minimum Gasteiger partial charge on any atom is -0.359 e. The highest BCUT2D eigenvalue weighted by molar-refractivity contribution is 14.0. The van der Waals surface area contributed by atoms with Gasteiger partial charge in [-0.3, -0.25) is 9.59 Å². The van der Waals surface area contributed by atoms with Crippen molar-refractivity contribution in [1.82, 2.24) is 15.5 Å². The molecule has 0 unspecified atom stereocenters. The van der Waals surface area contributed by atoms with Gasteiger partial charge in [0.2, 0.25) is 11.8 Å². The van der Waals surface area contributed by atoms with Crippen molar-refractivity contribution in [3.05, 3.63) is 29.8 Å². The van der Waals surface area contributed by atoms with Crippen LogP contribution in [0.15, 0.2) is 29.3 Å². The van der Waals surface area contributed by atoms with Crippen LogP contribution in [0.1, 0.15) is 63.9 Å². The summed E-state index contributed by atoms with van der Waals surface area (Å²) in [6.07, 6.45) is 8.17. The van der Waals surface area contributed by atoms with Gasteiger partial charge < -0.3 is 20.9 Å². The van der Waals surface area contributed by atoms with Crippen LogP contribution >= 0.6 is 24.0 Å².